The standard InChI is InChI=1S/C15H25NO4S/c1-5-12-6-7-14(15(8-12)19-4)20-9-13(11(2)3)10-21(16,17)18/h6-8,11,13H,5,9-10H2,1-4H3,(H2,16,17,18). The Bertz CT molecular complexity index is 555. The number of hydrogen-bond acceptors (Lipinski definition) is 4. The third-order valence-corrected chi connectivity index (χ3v) is 4.37. The van der Waals surface area contributed by atoms with Crippen LogP contribution in [0.4, 0.5) is 0 Å². The molecule has 0 amide bonds. The smallest absolute Gasteiger partial charge is 0.209 e. The average Bonchev–Trinajstić information content (AvgIpc) is 2.41. The number of sulfonamides is 1. The van der Waals surface area contributed by atoms with Gasteiger partial charge in [-0.2, -0.15) is 0 Å². The molecule has 0 saturated heterocycles. The van der Waals surface area contributed by atoms with Gasteiger partial charge in [0.2, 0.25) is 10.0 Å². The second-order valence-corrected chi connectivity index (χ2v) is 7.14. The number of rotatable bonds is 8. The molecule has 0 bridgehead atoms. The Balaban J connectivity index is 2.80. The zero-order valence-corrected chi connectivity index (χ0v) is 13.9. The Morgan fingerprint density at radius 1 is 1.24 bits per heavy atom. The van der Waals surface area contributed by atoms with E-state index < -0.39 is 10.0 Å². The fourth-order valence-electron chi connectivity index (χ4n) is 1.98. The van der Waals surface area contributed by atoms with Gasteiger partial charge in [0.15, 0.2) is 11.5 Å². The minimum absolute atomic E-state index is 0.0833. The molecule has 0 saturated carbocycles. The summed E-state index contributed by atoms with van der Waals surface area (Å²) in [6.45, 7) is 6.26. The molecule has 6 heteroatoms. The molecule has 0 aliphatic heterocycles. The Hall–Kier alpha value is -1.27. The maximum absolute atomic E-state index is 11.3. The predicted octanol–water partition coefficient (Wildman–Crippen LogP) is 2.20. The van der Waals surface area contributed by atoms with Gasteiger partial charge in [-0.1, -0.05) is 26.8 Å². The summed E-state index contributed by atoms with van der Waals surface area (Å²) in [7, 11) is -1.92. The second-order valence-electron chi connectivity index (χ2n) is 5.48. The lowest BCUT2D eigenvalue weighted by Crippen LogP contribution is -2.30. The van der Waals surface area contributed by atoms with Crippen molar-refractivity contribution in [2.45, 2.75) is 27.2 Å². The van der Waals surface area contributed by atoms with Crippen LogP contribution in [0, 0.1) is 11.8 Å². The fourth-order valence-corrected chi connectivity index (χ4v) is 3.06. The zero-order valence-electron chi connectivity index (χ0n) is 13.1. The molecule has 1 unspecified atom stereocenters. The molecule has 0 aliphatic carbocycles. The molecule has 5 nitrogen and oxygen atoms in total. The van der Waals surface area contributed by atoms with Crippen LogP contribution in [0.5, 0.6) is 11.5 Å². The van der Waals surface area contributed by atoms with Crippen molar-refractivity contribution in [3.05, 3.63) is 23.8 Å². The normalized spacial score (nSPS) is 13.2. The highest BCUT2D eigenvalue weighted by Crippen LogP contribution is 2.29. The first-order chi connectivity index (χ1) is 9.76. The maximum Gasteiger partial charge on any atom is 0.209 e. The molecule has 1 aromatic carbocycles. The summed E-state index contributed by atoms with van der Waals surface area (Å²) in [5.74, 6) is 1.20. The van der Waals surface area contributed by atoms with Crippen molar-refractivity contribution in [1.82, 2.24) is 0 Å². The highest BCUT2D eigenvalue weighted by atomic mass is 32.2. The third kappa shape index (κ3) is 5.93. The lowest BCUT2D eigenvalue weighted by Gasteiger charge is -2.21. The Morgan fingerprint density at radius 3 is 2.38 bits per heavy atom. The molecular weight excluding hydrogens is 290 g/mol. The van der Waals surface area contributed by atoms with Crippen molar-refractivity contribution in [2.24, 2.45) is 17.0 Å². The van der Waals surface area contributed by atoms with Gasteiger partial charge in [0.1, 0.15) is 0 Å². The van der Waals surface area contributed by atoms with Crippen LogP contribution in [0.1, 0.15) is 26.3 Å². The molecule has 0 fully saturated rings. The van der Waals surface area contributed by atoms with E-state index >= 15 is 0 Å². The van der Waals surface area contributed by atoms with Crippen LogP contribution in [0.15, 0.2) is 18.2 Å². The second kappa shape index (κ2) is 7.66. The summed E-state index contributed by atoms with van der Waals surface area (Å²) in [5, 5.41) is 5.13. The highest BCUT2D eigenvalue weighted by molar-refractivity contribution is 7.89. The van der Waals surface area contributed by atoms with E-state index in [1.54, 1.807) is 7.11 Å². The molecule has 2 N–H and O–H groups in total. The number of methoxy groups -OCH3 is 1. The van der Waals surface area contributed by atoms with Gasteiger partial charge in [0, 0.05) is 5.92 Å². The van der Waals surface area contributed by atoms with Crippen LogP contribution in [-0.4, -0.2) is 27.9 Å². The summed E-state index contributed by atoms with van der Waals surface area (Å²) in [6.07, 6.45) is 0.913. The first-order valence-electron chi connectivity index (χ1n) is 7.07. The first kappa shape index (κ1) is 17.8. The highest BCUT2D eigenvalue weighted by Gasteiger charge is 2.21. The van der Waals surface area contributed by atoms with E-state index in [9.17, 15) is 8.42 Å². The van der Waals surface area contributed by atoms with Gasteiger partial charge >= 0.3 is 0 Å². The molecular formula is C15H25NO4S. The van der Waals surface area contributed by atoms with Gasteiger partial charge in [0.25, 0.3) is 0 Å². The molecule has 0 radical (unpaired) electrons. The average molecular weight is 315 g/mol. The number of aryl methyl sites for hydroxylation is 1. The van der Waals surface area contributed by atoms with E-state index in [4.69, 9.17) is 14.6 Å². The molecule has 1 rings (SSSR count). The van der Waals surface area contributed by atoms with Crippen molar-refractivity contribution in [2.75, 3.05) is 19.5 Å². The van der Waals surface area contributed by atoms with Gasteiger partial charge in [-0.25, -0.2) is 13.6 Å². The Morgan fingerprint density at radius 2 is 1.90 bits per heavy atom. The van der Waals surface area contributed by atoms with E-state index in [-0.39, 0.29) is 24.2 Å². The molecule has 0 heterocycles. The van der Waals surface area contributed by atoms with Gasteiger partial charge < -0.3 is 9.47 Å². The summed E-state index contributed by atoms with van der Waals surface area (Å²) < 4.78 is 33.6. The number of ether oxygens (including phenoxy) is 2. The number of primary sulfonamides is 1. The van der Waals surface area contributed by atoms with Gasteiger partial charge in [-0.05, 0) is 30.0 Å². The van der Waals surface area contributed by atoms with Crippen LogP contribution in [0.25, 0.3) is 0 Å². The Labute approximate surface area is 127 Å². The fraction of sp³-hybridized carbons (Fsp3) is 0.600. The third-order valence-electron chi connectivity index (χ3n) is 3.48. The van der Waals surface area contributed by atoms with E-state index in [1.165, 1.54) is 0 Å². The van der Waals surface area contributed by atoms with Crippen LogP contribution in [-0.2, 0) is 16.4 Å². The number of hydrogen-bond donors (Lipinski definition) is 1. The summed E-state index contributed by atoms with van der Waals surface area (Å²) in [4.78, 5) is 0. The van der Waals surface area contributed by atoms with Crippen LogP contribution < -0.4 is 14.6 Å². The minimum atomic E-state index is -3.51. The van der Waals surface area contributed by atoms with E-state index in [0.717, 1.165) is 12.0 Å². The summed E-state index contributed by atoms with van der Waals surface area (Å²) >= 11 is 0. The molecule has 0 aromatic heterocycles. The predicted molar refractivity (Wildman–Crippen MR) is 84.2 cm³/mol. The largest absolute Gasteiger partial charge is 0.493 e. The quantitative estimate of drug-likeness (QED) is 0.797. The van der Waals surface area contributed by atoms with Crippen molar-refractivity contribution in [3.8, 4) is 11.5 Å². The van der Waals surface area contributed by atoms with Crippen molar-refractivity contribution < 1.29 is 17.9 Å². The van der Waals surface area contributed by atoms with Gasteiger partial charge in [-0.15, -0.1) is 0 Å². The Kier molecular flexibility index (Phi) is 6.48. The molecule has 1 atom stereocenters. The van der Waals surface area contributed by atoms with Crippen molar-refractivity contribution in [1.29, 1.82) is 0 Å². The van der Waals surface area contributed by atoms with E-state index in [2.05, 4.69) is 6.92 Å². The maximum atomic E-state index is 11.3. The topological polar surface area (TPSA) is 78.6 Å². The zero-order chi connectivity index (χ0) is 16.0. The number of nitrogens with two attached hydrogens (primary N) is 1. The van der Waals surface area contributed by atoms with Crippen LogP contribution in [0.3, 0.4) is 0 Å². The van der Waals surface area contributed by atoms with Gasteiger partial charge in [-0.3, -0.25) is 0 Å². The minimum Gasteiger partial charge on any atom is -0.493 e. The van der Waals surface area contributed by atoms with Crippen molar-refractivity contribution >= 4 is 10.0 Å². The summed E-state index contributed by atoms with van der Waals surface area (Å²) in [6, 6.07) is 5.76. The number of benzene rings is 1. The van der Waals surface area contributed by atoms with E-state index in [1.807, 2.05) is 32.0 Å². The SMILES string of the molecule is CCc1ccc(OCC(CS(N)(=O)=O)C(C)C)c(OC)c1. The van der Waals surface area contributed by atoms with E-state index in [0.29, 0.717) is 11.5 Å². The monoisotopic (exact) mass is 315 g/mol. The van der Waals surface area contributed by atoms with Gasteiger partial charge in [0.05, 0.1) is 19.5 Å². The van der Waals surface area contributed by atoms with Crippen molar-refractivity contribution in [3.63, 3.8) is 0 Å². The molecule has 0 spiro atoms. The summed E-state index contributed by atoms with van der Waals surface area (Å²) in [5.41, 5.74) is 1.16. The molecule has 1 aromatic rings. The lowest BCUT2D eigenvalue weighted by atomic mass is 9.99. The molecule has 21 heavy (non-hydrogen) atoms. The van der Waals surface area contributed by atoms with Crippen LogP contribution in [0.2, 0.25) is 0 Å². The lowest BCUT2D eigenvalue weighted by molar-refractivity contribution is 0.216. The van der Waals surface area contributed by atoms with Crippen LogP contribution >= 0.6 is 0 Å². The molecule has 0 aliphatic rings. The first-order valence-corrected chi connectivity index (χ1v) is 8.78. The molecule has 120 valence electrons.